The van der Waals surface area contributed by atoms with Gasteiger partial charge in [-0.1, -0.05) is 66.4 Å². The Hall–Kier alpha value is -2.34. The van der Waals surface area contributed by atoms with Crippen molar-refractivity contribution < 1.29 is 0 Å². The van der Waals surface area contributed by atoms with E-state index in [9.17, 15) is 0 Å². The van der Waals surface area contributed by atoms with Gasteiger partial charge in [0, 0.05) is 17.0 Å². The van der Waals surface area contributed by atoms with E-state index in [4.69, 9.17) is 0 Å². The third kappa shape index (κ3) is 4.32. The fraction of sp³-hybridized carbons (Fsp3) is 0.143. The van der Waals surface area contributed by atoms with Gasteiger partial charge in [0.15, 0.2) is 0 Å². The molecule has 0 radical (unpaired) electrons. The predicted molar refractivity (Wildman–Crippen MR) is 98.3 cm³/mol. The molecule has 3 aromatic rings. The lowest BCUT2D eigenvalue weighted by Crippen LogP contribution is -2.22. The molecular formula is C21H19NS. The number of hydrogen-bond donors (Lipinski definition) is 0. The molecule has 1 aromatic heterocycles. The highest BCUT2D eigenvalue weighted by Gasteiger charge is 2.15. The van der Waals surface area contributed by atoms with E-state index in [1.165, 1.54) is 10.4 Å². The Morgan fingerprint density at radius 1 is 0.913 bits per heavy atom. The number of rotatable bonds is 4. The van der Waals surface area contributed by atoms with Crippen molar-refractivity contribution in [3.63, 3.8) is 0 Å². The van der Waals surface area contributed by atoms with Gasteiger partial charge >= 0.3 is 0 Å². The molecule has 2 heteroatoms. The van der Waals surface area contributed by atoms with Crippen molar-refractivity contribution in [3.05, 3.63) is 94.2 Å². The first-order valence-corrected chi connectivity index (χ1v) is 8.55. The van der Waals surface area contributed by atoms with E-state index in [-0.39, 0.29) is 6.04 Å². The van der Waals surface area contributed by atoms with Crippen LogP contribution in [0.2, 0.25) is 0 Å². The van der Waals surface area contributed by atoms with Gasteiger partial charge in [0.25, 0.3) is 0 Å². The first-order valence-electron chi connectivity index (χ1n) is 7.67. The van der Waals surface area contributed by atoms with Crippen molar-refractivity contribution >= 4 is 11.3 Å². The first kappa shape index (κ1) is 15.6. The molecule has 0 amide bonds. The van der Waals surface area contributed by atoms with Gasteiger partial charge in [-0.05, 0) is 36.2 Å². The molecular weight excluding hydrogens is 298 g/mol. The summed E-state index contributed by atoms with van der Waals surface area (Å²) in [5, 5.41) is 2.11. The van der Waals surface area contributed by atoms with Crippen molar-refractivity contribution in [2.75, 3.05) is 7.05 Å². The average molecular weight is 317 g/mol. The minimum Gasteiger partial charge on any atom is -0.284 e. The zero-order chi connectivity index (χ0) is 15.9. The van der Waals surface area contributed by atoms with Crippen molar-refractivity contribution in [1.82, 2.24) is 4.90 Å². The summed E-state index contributed by atoms with van der Waals surface area (Å²) in [4.78, 5) is 3.59. The first-order chi connectivity index (χ1) is 11.3. The van der Waals surface area contributed by atoms with E-state index < -0.39 is 0 Å². The molecule has 23 heavy (non-hydrogen) atoms. The molecule has 0 aliphatic rings. The van der Waals surface area contributed by atoms with E-state index in [2.05, 4.69) is 83.8 Å². The van der Waals surface area contributed by atoms with Crippen LogP contribution in [-0.2, 0) is 6.54 Å². The topological polar surface area (TPSA) is 3.24 Å². The molecule has 2 aromatic carbocycles. The molecule has 0 N–H and O–H groups in total. The van der Waals surface area contributed by atoms with E-state index in [1.807, 2.05) is 18.2 Å². The van der Waals surface area contributed by atoms with E-state index in [1.54, 1.807) is 11.3 Å². The summed E-state index contributed by atoms with van der Waals surface area (Å²) in [5.41, 5.74) is 2.36. The van der Waals surface area contributed by atoms with Crippen LogP contribution < -0.4 is 0 Å². The molecule has 1 unspecified atom stereocenters. The summed E-state index contributed by atoms with van der Waals surface area (Å²) in [6.45, 7) is 0.882. The number of nitrogens with zero attached hydrogens (tertiary/aromatic N) is 1. The number of hydrogen-bond acceptors (Lipinski definition) is 2. The fourth-order valence-corrected chi connectivity index (χ4v) is 3.32. The molecule has 0 saturated heterocycles. The monoisotopic (exact) mass is 317 g/mol. The van der Waals surface area contributed by atoms with Crippen molar-refractivity contribution in [2.24, 2.45) is 0 Å². The van der Waals surface area contributed by atoms with Crippen molar-refractivity contribution in [3.8, 4) is 11.8 Å². The van der Waals surface area contributed by atoms with E-state index in [0.717, 1.165) is 12.1 Å². The van der Waals surface area contributed by atoms with Crippen LogP contribution in [0.15, 0.2) is 78.2 Å². The number of benzene rings is 2. The molecule has 114 valence electrons. The minimum atomic E-state index is 0.107. The fourth-order valence-electron chi connectivity index (χ4n) is 2.48. The zero-order valence-electron chi connectivity index (χ0n) is 13.1. The lowest BCUT2D eigenvalue weighted by atomic mass is 10.1. The van der Waals surface area contributed by atoms with Gasteiger partial charge in [-0.3, -0.25) is 4.90 Å². The molecule has 0 fully saturated rings. The third-order valence-electron chi connectivity index (χ3n) is 3.66. The summed E-state index contributed by atoms with van der Waals surface area (Å²) in [6, 6.07) is 25.1. The highest BCUT2D eigenvalue weighted by molar-refractivity contribution is 7.10. The molecule has 1 heterocycles. The largest absolute Gasteiger partial charge is 0.284 e. The lowest BCUT2D eigenvalue weighted by Gasteiger charge is -2.23. The van der Waals surface area contributed by atoms with Crippen LogP contribution in [-0.4, -0.2) is 11.9 Å². The van der Waals surface area contributed by atoms with Crippen molar-refractivity contribution in [2.45, 2.75) is 12.6 Å². The van der Waals surface area contributed by atoms with Crippen LogP contribution in [0, 0.1) is 11.8 Å². The Balaban J connectivity index is 1.83. The smallest absolute Gasteiger partial charge is 0.107 e. The van der Waals surface area contributed by atoms with Gasteiger partial charge in [-0.15, -0.1) is 11.3 Å². The molecule has 0 aliphatic carbocycles. The summed E-state index contributed by atoms with van der Waals surface area (Å²) >= 11 is 1.76. The zero-order valence-corrected chi connectivity index (χ0v) is 14.0. The van der Waals surface area contributed by atoms with Crippen LogP contribution >= 0.6 is 11.3 Å². The Kier molecular flexibility index (Phi) is 5.26. The van der Waals surface area contributed by atoms with E-state index >= 15 is 0 Å². The Morgan fingerprint density at radius 3 is 2.26 bits per heavy atom. The summed E-state index contributed by atoms with van der Waals surface area (Å²) in [5.74, 6) is 6.76. The molecule has 0 aliphatic heterocycles. The van der Waals surface area contributed by atoms with Gasteiger partial charge in [-0.25, -0.2) is 0 Å². The predicted octanol–water partition coefficient (Wildman–Crippen LogP) is 4.97. The van der Waals surface area contributed by atoms with Gasteiger partial charge in [0.2, 0.25) is 0 Å². The second-order valence-electron chi connectivity index (χ2n) is 5.45. The van der Waals surface area contributed by atoms with Crippen molar-refractivity contribution in [1.29, 1.82) is 0 Å². The minimum absolute atomic E-state index is 0.107. The summed E-state index contributed by atoms with van der Waals surface area (Å²) in [7, 11) is 2.14. The quantitative estimate of drug-likeness (QED) is 0.614. The molecule has 1 nitrogen and oxygen atoms in total. The Labute approximate surface area is 142 Å². The Bertz CT molecular complexity index is 767. The van der Waals surface area contributed by atoms with Gasteiger partial charge in [0.05, 0.1) is 0 Å². The normalized spacial score (nSPS) is 11.7. The lowest BCUT2D eigenvalue weighted by molar-refractivity contribution is 0.288. The highest BCUT2D eigenvalue weighted by atomic mass is 32.1. The van der Waals surface area contributed by atoms with Crippen LogP contribution in [0.25, 0.3) is 0 Å². The van der Waals surface area contributed by atoms with Crippen LogP contribution in [0.5, 0.6) is 0 Å². The molecule has 0 saturated carbocycles. The highest BCUT2D eigenvalue weighted by Crippen LogP contribution is 2.25. The van der Waals surface area contributed by atoms with Gasteiger partial charge in [-0.2, -0.15) is 0 Å². The summed E-state index contributed by atoms with van der Waals surface area (Å²) in [6.07, 6.45) is 0. The van der Waals surface area contributed by atoms with Gasteiger partial charge < -0.3 is 0 Å². The van der Waals surface area contributed by atoms with E-state index in [0.29, 0.717) is 0 Å². The molecule has 3 rings (SSSR count). The third-order valence-corrected chi connectivity index (χ3v) is 4.58. The molecule has 1 atom stereocenters. The SMILES string of the molecule is CN(Cc1ccccc1)C(C#Cc1ccccc1)c1cccs1. The average Bonchev–Trinajstić information content (AvgIpc) is 3.11. The Morgan fingerprint density at radius 2 is 1.61 bits per heavy atom. The van der Waals surface area contributed by atoms with Gasteiger partial charge in [0.1, 0.15) is 6.04 Å². The maximum atomic E-state index is 3.44. The maximum absolute atomic E-state index is 3.44. The molecule has 0 spiro atoms. The second kappa shape index (κ2) is 7.78. The van der Waals surface area contributed by atoms with Crippen LogP contribution in [0.4, 0.5) is 0 Å². The second-order valence-corrected chi connectivity index (χ2v) is 6.43. The standard InChI is InChI=1S/C21H19NS/c1-22(17-19-11-6-3-7-12-19)20(21-13-8-16-23-21)15-14-18-9-4-2-5-10-18/h2-13,16,20H,17H2,1H3. The summed E-state index contributed by atoms with van der Waals surface area (Å²) < 4.78 is 0. The van der Waals surface area contributed by atoms with Crippen LogP contribution in [0.3, 0.4) is 0 Å². The molecule has 0 bridgehead atoms. The number of thiophene rings is 1. The maximum Gasteiger partial charge on any atom is 0.107 e. The van der Waals surface area contributed by atoms with Crippen LogP contribution in [0.1, 0.15) is 22.0 Å².